The van der Waals surface area contributed by atoms with Gasteiger partial charge in [-0.1, -0.05) is 0 Å². The molecule has 0 aromatic heterocycles. The molecule has 0 bridgehead atoms. The third-order valence-electron chi connectivity index (χ3n) is 3.02. The molecule has 2 aliphatic heterocycles. The second-order valence-corrected chi connectivity index (χ2v) is 4.19. The van der Waals surface area contributed by atoms with E-state index in [1.807, 2.05) is 4.90 Å². The lowest BCUT2D eigenvalue weighted by Gasteiger charge is -2.35. The zero-order valence-electron chi connectivity index (χ0n) is 9.65. The van der Waals surface area contributed by atoms with Gasteiger partial charge in [0.2, 0.25) is 0 Å². The molecule has 2 aliphatic rings. The standard InChI is InChI=1S/C10H19N3O2.ClH/c1-12-3-5-13(6-4-12)10(14)9-8-11-2-7-15-9;/h9,11H,2-8H2,1H3;1H. The van der Waals surface area contributed by atoms with Crippen LogP contribution < -0.4 is 5.32 Å². The number of piperazine rings is 1. The Morgan fingerprint density at radius 1 is 1.31 bits per heavy atom. The molecule has 1 atom stereocenters. The van der Waals surface area contributed by atoms with E-state index in [9.17, 15) is 4.79 Å². The Bertz CT molecular complexity index is 226. The zero-order valence-corrected chi connectivity index (χ0v) is 10.5. The number of likely N-dealkylation sites (N-methyl/N-ethyl adjacent to an activating group) is 1. The average Bonchev–Trinajstić information content (AvgIpc) is 2.30. The predicted molar refractivity (Wildman–Crippen MR) is 63.9 cm³/mol. The van der Waals surface area contributed by atoms with Crippen LogP contribution in [0, 0.1) is 0 Å². The van der Waals surface area contributed by atoms with Crippen molar-refractivity contribution in [2.75, 3.05) is 52.9 Å². The Morgan fingerprint density at radius 3 is 2.56 bits per heavy atom. The number of ether oxygens (including phenoxy) is 1. The fraction of sp³-hybridized carbons (Fsp3) is 0.900. The van der Waals surface area contributed by atoms with Crippen molar-refractivity contribution in [1.82, 2.24) is 15.1 Å². The molecule has 2 saturated heterocycles. The second-order valence-electron chi connectivity index (χ2n) is 4.19. The number of hydrogen-bond donors (Lipinski definition) is 1. The van der Waals surface area contributed by atoms with Crippen LogP contribution in [0.4, 0.5) is 0 Å². The maximum atomic E-state index is 12.0. The number of halogens is 1. The highest BCUT2D eigenvalue weighted by Crippen LogP contribution is 2.06. The maximum absolute atomic E-state index is 12.0. The largest absolute Gasteiger partial charge is 0.366 e. The fourth-order valence-corrected chi connectivity index (χ4v) is 1.95. The van der Waals surface area contributed by atoms with Crippen molar-refractivity contribution in [2.24, 2.45) is 0 Å². The summed E-state index contributed by atoms with van der Waals surface area (Å²) in [5.41, 5.74) is 0. The SMILES string of the molecule is CN1CCN(C(=O)C2CNCCO2)CC1.Cl. The van der Waals surface area contributed by atoms with E-state index >= 15 is 0 Å². The molecule has 0 radical (unpaired) electrons. The first-order valence-corrected chi connectivity index (χ1v) is 5.57. The smallest absolute Gasteiger partial charge is 0.253 e. The van der Waals surface area contributed by atoms with Crippen LogP contribution in [-0.4, -0.2) is 74.7 Å². The van der Waals surface area contributed by atoms with E-state index in [0.717, 1.165) is 32.7 Å². The van der Waals surface area contributed by atoms with Gasteiger partial charge in [0.15, 0.2) is 0 Å². The summed E-state index contributed by atoms with van der Waals surface area (Å²) in [7, 11) is 2.08. The third kappa shape index (κ3) is 3.31. The average molecular weight is 250 g/mol. The summed E-state index contributed by atoms with van der Waals surface area (Å²) in [5.74, 6) is 0.148. The van der Waals surface area contributed by atoms with Crippen molar-refractivity contribution in [3.05, 3.63) is 0 Å². The highest BCUT2D eigenvalue weighted by Gasteiger charge is 2.28. The topological polar surface area (TPSA) is 44.8 Å². The Balaban J connectivity index is 0.00000128. The minimum absolute atomic E-state index is 0. The zero-order chi connectivity index (χ0) is 10.7. The summed E-state index contributed by atoms with van der Waals surface area (Å²) < 4.78 is 5.45. The lowest BCUT2D eigenvalue weighted by molar-refractivity contribution is -0.146. The molecule has 0 saturated carbocycles. The first kappa shape index (κ1) is 13.7. The van der Waals surface area contributed by atoms with Gasteiger partial charge in [0, 0.05) is 39.3 Å². The van der Waals surface area contributed by atoms with Crippen molar-refractivity contribution in [3.63, 3.8) is 0 Å². The maximum Gasteiger partial charge on any atom is 0.253 e. The highest BCUT2D eigenvalue weighted by atomic mass is 35.5. The van der Waals surface area contributed by atoms with Crippen molar-refractivity contribution >= 4 is 18.3 Å². The number of hydrogen-bond acceptors (Lipinski definition) is 4. The Hall–Kier alpha value is -0.360. The molecule has 0 spiro atoms. The van der Waals surface area contributed by atoms with Crippen LogP contribution in [0.2, 0.25) is 0 Å². The highest BCUT2D eigenvalue weighted by molar-refractivity contribution is 5.85. The van der Waals surface area contributed by atoms with Crippen molar-refractivity contribution < 1.29 is 9.53 Å². The lowest BCUT2D eigenvalue weighted by atomic mass is 10.2. The summed E-state index contributed by atoms with van der Waals surface area (Å²) in [6.07, 6.45) is -0.262. The van der Waals surface area contributed by atoms with E-state index in [1.54, 1.807) is 0 Å². The number of morpholine rings is 1. The van der Waals surface area contributed by atoms with Crippen LogP contribution in [0.15, 0.2) is 0 Å². The van der Waals surface area contributed by atoms with Crippen LogP contribution in [0.1, 0.15) is 0 Å². The van der Waals surface area contributed by atoms with Crippen LogP contribution in [0.5, 0.6) is 0 Å². The normalized spacial score (nSPS) is 27.3. The number of nitrogens with one attached hydrogen (secondary N) is 1. The summed E-state index contributed by atoms with van der Waals surface area (Å²) in [5, 5.41) is 3.18. The van der Waals surface area contributed by atoms with Crippen LogP contribution in [0.25, 0.3) is 0 Å². The van der Waals surface area contributed by atoms with E-state index in [4.69, 9.17) is 4.74 Å². The quantitative estimate of drug-likeness (QED) is 0.659. The number of rotatable bonds is 1. The van der Waals surface area contributed by atoms with Gasteiger partial charge in [-0.3, -0.25) is 4.79 Å². The molecule has 16 heavy (non-hydrogen) atoms. The van der Waals surface area contributed by atoms with E-state index in [-0.39, 0.29) is 24.4 Å². The fourth-order valence-electron chi connectivity index (χ4n) is 1.95. The second kappa shape index (κ2) is 6.39. The van der Waals surface area contributed by atoms with Gasteiger partial charge in [0.05, 0.1) is 6.61 Å². The van der Waals surface area contributed by atoms with E-state index < -0.39 is 0 Å². The van der Waals surface area contributed by atoms with Gasteiger partial charge in [-0.15, -0.1) is 12.4 Å². The molecule has 2 rings (SSSR count). The van der Waals surface area contributed by atoms with Crippen molar-refractivity contribution in [2.45, 2.75) is 6.10 Å². The monoisotopic (exact) mass is 249 g/mol. The molecule has 2 heterocycles. The molecule has 6 heteroatoms. The Labute approximate surface area is 103 Å². The molecule has 0 aliphatic carbocycles. The molecule has 1 N–H and O–H groups in total. The molecule has 1 amide bonds. The molecular formula is C10H20ClN3O2. The van der Waals surface area contributed by atoms with Gasteiger partial charge in [0.1, 0.15) is 6.10 Å². The van der Waals surface area contributed by atoms with Gasteiger partial charge in [-0.25, -0.2) is 0 Å². The van der Waals surface area contributed by atoms with E-state index in [1.165, 1.54) is 0 Å². The summed E-state index contributed by atoms with van der Waals surface area (Å²) >= 11 is 0. The molecular weight excluding hydrogens is 230 g/mol. The molecule has 0 aromatic rings. The molecule has 0 aromatic carbocycles. The number of amides is 1. The minimum Gasteiger partial charge on any atom is -0.366 e. The summed E-state index contributed by atoms with van der Waals surface area (Å²) in [6, 6.07) is 0. The minimum atomic E-state index is -0.262. The van der Waals surface area contributed by atoms with E-state index in [2.05, 4.69) is 17.3 Å². The lowest BCUT2D eigenvalue weighted by Crippen LogP contribution is -2.54. The van der Waals surface area contributed by atoms with Crippen molar-refractivity contribution in [3.8, 4) is 0 Å². The molecule has 2 fully saturated rings. The predicted octanol–water partition coefficient (Wildman–Crippen LogP) is -0.829. The number of carbonyl (C=O) groups excluding carboxylic acids is 1. The van der Waals surface area contributed by atoms with Gasteiger partial charge in [0.25, 0.3) is 5.91 Å². The van der Waals surface area contributed by atoms with Crippen molar-refractivity contribution in [1.29, 1.82) is 0 Å². The Kier molecular flexibility index (Phi) is 5.48. The molecule has 94 valence electrons. The Morgan fingerprint density at radius 2 is 2.00 bits per heavy atom. The van der Waals surface area contributed by atoms with Gasteiger partial charge in [-0.2, -0.15) is 0 Å². The van der Waals surface area contributed by atoms with Crippen LogP contribution >= 0.6 is 12.4 Å². The molecule has 1 unspecified atom stereocenters. The van der Waals surface area contributed by atoms with Gasteiger partial charge < -0.3 is 19.9 Å². The first-order valence-electron chi connectivity index (χ1n) is 5.57. The number of nitrogens with zero attached hydrogens (tertiary/aromatic N) is 2. The summed E-state index contributed by atoms with van der Waals surface area (Å²) in [6.45, 7) is 5.74. The van der Waals surface area contributed by atoms with Crippen LogP contribution in [-0.2, 0) is 9.53 Å². The van der Waals surface area contributed by atoms with Crippen LogP contribution in [0.3, 0.4) is 0 Å². The third-order valence-corrected chi connectivity index (χ3v) is 3.02. The molecule has 5 nitrogen and oxygen atoms in total. The number of carbonyl (C=O) groups is 1. The summed E-state index contributed by atoms with van der Waals surface area (Å²) in [4.78, 5) is 16.2. The van der Waals surface area contributed by atoms with Gasteiger partial charge in [-0.05, 0) is 7.05 Å². The first-order chi connectivity index (χ1) is 7.27. The van der Waals surface area contributed by atoms with Gasteiger partial charge >= 0.3 is 0 Å². The van der Waals surface area contributed by atoms with E-state index in [0.29, 0.717) is 13.2 Å².